The van der Waals surface area contributed by atoms with Crippen molar-refractivity contribution in [2.75, 3.05) is 12.4 Å². The number of hydrogen-bond acceptors (Lipinski definition) is 5. The average Bonchev–Trinajstić information content (AvgIpc) is 3.13. The molecule has 2 aromatic heterocycles. The van der Waals surface area contributed by atoms with Crippen LogP contribution in [0.25, 0.3) is 11.0 Å². The third kappa shape index (κ3) is 3.29. The molecule has 0 bridgehead atoms. The number of hydrogen-bond donors (Lipinski definition) is 1. The van der Waals surface area contributed by atoms with Gasteiger partial charge in [-0.25, -0.2) is 9.97 Å². The van der Waals surface area contributed by atoms with Crippen LogP contribution in [0.5, 0.6) is 0 Å². The normalized spacial score (nSPS) is 22.0. The van der Waals surface area contributed by atoms with Crippen LogP contribution in [0.2, 0.25) is 0 Å². The van der Waals surface area contributed by atoms with E-state index in [1.54, 1.807) is 18.1 Å². The molecule has 3 rings (SSSR count). The number of aliphatic hydroxyl groups is 1. The number of aliphatic hydroxyl groups excluding tert-OH is 1. The Kier molecular flexibility index (Phi) is 5.00. The molecule has 0 spiro atoms. The molecule has 2 unspecified atom stereocenters. The van der Waals surface area contributed by atoms with Gasteiger partial charge in [-0.2, -0.15) is 0 Å². The first-order valence-corrected chi connectivity index (χ1v) is 8.88. The molecule has 6 heteroatoms. The largest absolute Gasteiger partial charge is 0.394 e. The Morgan fingerprint density at radius 1 is 1.41 bits per heavy atom. The average molecular weight is 321 g/mol. The third-order valence-corrected chi connectivity index (χ3v) is 5.04. The predicted octanol–water partition coefficient (Wildman–Crippen LogP) is 3.24. The maximum Gasteiger partial charge on any atom is 0.146 e. The highest BCUT2D eigenvalue weighted by molar-refractivity contribution is 7.99. The Hall–Kier alpha value is -1.11. The van der Waals surface area contributed by atoms with Gasteiger partial charge in [0.1, 0.15) is 23.2 Å². The van der Waals surface area contributed by atoms with E-state index < -0.39 is 0 Å². The summed E-state index contributed by atoms with van der Waals surface area (Å²) in [4.78, 5) is 8.87. The smallest absolute Gasteiger partial charge is 0.146 e. The topological polar surface area (TPSA) is 60.2 Å². The molecule has 1 N–H and O–H groups in total. The number of thioether (sulfide) groups is 1. The molecule has 0 saturated carbocycles. The van der Waals surface area contributed by atoms with Crippen molar-refractivity contribution < 1.29 is 9.84 Å². The fraction of sp³-hybridized carbons (Fsp3) is 0.625. The van der Waals surface area contributed by atoms with E-state index in [0.717, 1.165) is 34.7 Å². The molecule has 1 fully saturated rings. The van der Waals surface area contributed by atoms with E-state index in [0.29, 0.717) is 5.92 Å². The zero-order valence-corrected chi connectivity index (χ0v) is 13.9. The van der Waals surface area contributed by atoms with Crippen LogP contribution in [0.1, 0.15) is 39.3 Å². The maximum absolute atomic E-state index is 9.22. The quantitative estimate of drug-likeness (QED) is 0.654. The minimum atomic E-state index is -0.0517. The van der Waals surface area contributed by atoms with Crippen molar-refractivity contribution in [3.05, 3.63) is 18.6 Å². The summed E-state index contributed by atoms with van der Waals surface area (Å²) in [7, 11) is 0. The van der Waals surface area contributed by atoms with Gasteiger partial charge < -0.3 is 14.4 Å². The van der Waals surface area contributed by atoms with Gasteiger partial charge in [-0.05, 0) is 37.0 Å². The van der Waals surface area contributed by atoms with Crippen molar-refractivity contribution in [1.29, 1.82) is 0 Å². The van der Waals surface area contributed by atoms with Crippen LogP contribution in [0.3, 0.4) is 0 Å². The molecule has 0 amide bonds. The summed E-state index contributed by atoms with van der Waals surface area (Å²) in [5.41, 5.74) is 0.922. The minimum Gasteiger partial charge on any atom is -0.394 e. The second-order valence-electron chi connectivity index (χ2n) is 6.14. The highest BCUT2D eigenvalue weighted by Crippen LogP contribution is 2.33. The van der Waals surface area contributed by atoms with Crippen LogP contribution in [0, 0.1) is 5.92 Å². The molecule has 1 aliphatic rings. The lowest BCUT2D eigenvalue weighted by Crippen LogP contribution is -2.14. The van der Waals surface area contributed by atoms with E-state index in [4.69, 9.17) is 4.74 Å². The summed E-state index contributed by atoms with van der Waals surface area (Å²) in [5, 5.41) is 11.4. The van der Waals surface area contributed by atoms with Crippen LogP contribution < -0.4 is 0 Å². The molecule has 120 valence electrons. The highest BCUT2D eigenvalue weighted by Gasteiger charge is 2.27. The number of rotatable bonds is 6. The molecule has 1 aliphatic heterocycles. The van der Waals surface area contributed by atoms with Crippen molar-refractivity contribution in [2.24, 2.45) is 5.92 Å². The summed E-state index contributed by atoms with van der Waals surface area (Å²) < 4.78 is 7.93. The molecular formula is C16H23N3O2S. The Balaban J connectivity index is 1.80. The lowest BCUT2D eigenvalue weighted by molar-refractivity contribution is -0.0204. The molecule has 2 aromatic rings. The van der Waals surface area contributed by atoms with Gasteiger partial charge in [0.05, 0.1) is 18.1 Å². The summed E-state index contributed by atoms with van der Waals surface area (Å²) in [5.74, 6) is 1.78. The maximum atomic E-state index is 9.22. The van der Waals surface area contributed by atoms with Gasteiger partial charge in [0, 0.05) is 6.20 Å². The van der Waals surface area contributed by atoms with Gasteiger partial charge in [-0.3, -0.25) is 0 Å². The molecule has 1 saturated heterocycles. The van der Waals surface area contributed by atoms with Crippen LogP contribution in [0.15, 0.2) is 23.6 Å². The number of nitrogens with zero attached hydrogens (tertiary/aromatic N) is 3. The Bertz CT molecular complexity index is 629. The van der Waals surface area contributed by atoms with Crippen molar-refractivity contribution in [3.8, 4) is 0 Å². The van der Waals surface area contributed by atoms with E-state index in [1.165, 1.54) is 6.42 Å². The van der Waals surface area contributed by atoms with E-state index >= 15 is 0 Å². The second-order valence-corrected chi connectivity index (χ2v) is 7.23. The molecule has 3 heterocycles. The van der Waals surface area contributed by atoms with E-state index in [1.807, 2.05) is 6.20 Å². The third-order valence-electron chi connectivity index (χ3n) is 4.01. The van der Waals surface area contributed by atoms with E-state index in [2.05, 4.69) is 34.4 Å². The molecule has 0 aliphatic carbocycles. The van der Waals surface area contributed by atoms with Crippen LogP contribution in [-0.2, 0) is 4.74 Å². The monoisotopic (exact) mass is 321 g/mol. The summed E-state index contributed by atoms with van der Waals surface area (Å²) >= 11 is 1.79. The standard InChI is InChI=1S/C16H23N3O2S/c1-11(2)6-8-22-16-13-5-7-19(15(13)17-10-18-16)14-4-3-12(9-20)21-14/h5,7,10-12,14,20H,3-4,6,8-9H2,1-2H3. The zero-order chi connectivity index (χ0) is 15.5. The van der Waals surface area contributed by atoms with Crippen molar-refractivity contribution in [1.82, 2.24) is 14.5 Å². The first kappa shape index (κ1) is 15.8. The van der Waals surface area contributed by atoms with Crippen molar-refractivity contribution >= 4 is 22.8 Å². The highest BCUT2D eigenvalue weighted by atomic mass is 32.2. The molecule has 0 aromatic carbocycles. The Morgan fingerprint density at radius 3 is 3.00 bits per heavy atom. The molecule has 5 nitrogen and oxygen atoms in total. The summed E-state index contributed by atoms with van der Waals surface area (Å²) in [6.45, 7) is 4.56. The second kappa shape index (κ2) is 6.98. The first-order valence-electron chi connectivity index (χ1n) is 7.89. The minimum absolute atomic E-state index is 0.0296. The van der Waals surface area contributed by atoms with Crippen LogP contribution >= 0.6 is 11.8 Å². The summed E-state index contributed by atoms with van der Waals surface area (Å²) in [6, 6.07) is 2.07. The van der Waals surface area contributed by atoms with Gasteiger partial charge in [0.15, 0.2) is 0 Å². The fourth-order valence-corrected chi connectivity index (χ4v) is 3.93. The Labute approximate surface area is 135 Å². The molecule has 2 atom stereocenters. The van der Waals surface area contributed by atoms with Crippen LogP contribution in [-0.4, -0.2) is 38.1 Å². The zero-order valence-electron chi connectivity index (χ0n) is 13.1. The Morgan fingerprint density at radius 2 is 2.27 bits per heavy atom. The van der Waals surface area contributed by atoms with Gasteiger partial charge >= 0.3 is 0 Å². The summed E-state index contributed by atoms with van der Waals surface area (Å²) in [6.07, 6.45) is 6.56. The molecule has 0 radical (unpaired) electrons. The van der Waals surface area contributed by atoms with Crippen molar-refractivity contribution in [2.45, 2.75) is 50.5 Å². The molecule has 22 heavy (non-hydrogen) atoms. The number of ether oxygens (including phenoxy) is 1. The van der Waals surface area contributed by atoms with Gasteiger partial charge in [-0.15, -0.1) is 11.8 Å². The number of aromatic nitrogens is 3. The fourth-order valence-electron chi connectivity index (χ4n) is 2.71. The predicted molar refractivity (Wildman–Crippen MR) is 87.9 cm³/mol. The lowest BCUT2D eigenvalue weighted by atomic mass is 10.2. The van der Waals surface area contributed by atoms with Gasteiger partial charge in [-0.1, -0.05) is 13.8 Å². The SMILES string of the molecule is CC(C)CCSc1ncnc2c1ccn2C1CCC(CO)O1. The van der Waals surface area contributed by atoms with Gasteiger partial charge in [0.25, 0.3) is 0 Å². The van der Waals surface area contributed by atoms with Gasteiger partial charge in [0.2, 0.25) is 0 Å². The number of fused-ring (bicyclic) bond motifs is 1. The lowest BCUT2D eigenvalue weighted by Gasteiger charge is -2.14. The van der Waals surface area contributed by atoms with Crippen LogP contribution in [0.4, 0.5) is 0 Å². The van der Waals surface area contributed by atoms with Crippen molar-refractivity contribution in [3.63, 3.8) is 0 Å². The first-order chi connectivity index (χ1) is 10.7. The van der Waals surface area contributed by atoms with E-state index in [9.17, 15) is 5.11 Å². The van der Waals surface area contributed by atoms with E-state index in [-0.39, 0.29) is 18.9 Å². The molecular weight excluding hydrogens is 298 g/mol.